The van der Waals surface area contributed by atoms with Gasteiger partial charge >= 0.3 is 0 Å². The number of nitrogens with zero attached hydrogens (tertiary/aromatic N) is 6. The number of likely N-dealkylation sites (N-methyl/N-ethyl adjacent to an activating group) is 1. The lowest BCUT2D eigenvalue weighted by molar-refractivity contribution is 0.0754. The molecule has 0 spiro atoms. The largest absolute Gasteiger partial charge is 0.364 e. The zero-order valence-corrected chi connectivity index (χ0v) is 17.4. The molecule has 1 amide bonds. The standard InChI is InChI=1S/C19H26N6O2S/c1-14(15-5-11-27-21-15)23(3)13-16-17(20-19-25(16)10-12-28-19)18(26)24-7-4-6-22(2)8-9-24/h5,10-12,14H,4,6-9,13H2,1-3H3/t14-/m0/s1. The van der Waals surface area contributed by atoms with Crippen molar-refractivity contribution in [1.82, 2.24) is 29.2 Å². The van der Waals surface area contributed by atoms with Crippen LogP contribution < -0.4 is 0 Å². The number of fused-ring (bicyclic) bond motifs is 1. The number of carbonyl (C=O) groups is 1. The molecule has 0 aromatic carbocycles. The zero-order valence-electron chi connectivity index (χ0n) is 16.5. The summed E-state index contributed by atoms with van der Waals surface area (Å²) in [6.07, 6.45) is 4.56. The van der Waals surface area contributed by atoms with Crippen LogP contribution in [-0.4, -0.2) is 75.4 Å². The number of imidazole rings is 1. The van der Waals surface area contributed by atoms with Crippen molar-refractivity contribution >= 4 is 22.2 Å². The lowest BCUT2D eigenvalue weighted by atomic mass is 10.2. The molecule has 1 aliphatic rings. The first kappa shape index (κ1) is 19.1. The SMILES string of the molecule is C[C@@H](c1ccon1)N(C)Cc1c(C(=O)N2CCCN(C)CC2)nc2sccn12. The Bertz CT molecular complexity index is 934. The number of thiazole rings is 1. The van der Waals surface area contributed by atoms with Crippen molar-refractivity contribution < 1.29 is 9.32 Å². The molecule has 1 aliphatic heterocycles. The van der Waals surface area contributed by atoms with Gasteiger partial charge in [-0.2, -0.15) is 0 Å². The number of amides is 1. The minimum atomic E-state index is 0.0312. The van der Waals surface area contributed by atoms with E-state index in [1.54, 1.807) is 17.6 Å². The van der Waals surface area contributed by atoms with E-state index in [-0.39, 0.29) is 11.9 Å². The minimum absolute atomic E-state index is 0.0312. The van der Waals surface area contributed by atoms with E-state index in [0.29, 0.717) is 12.2 Å². The van der Waals surface area contributed by atoms with Crippen LogP contribution >= 0.6 is 11.3 Å². The molecule has 1 fully saturated rings. The predicted molar refractivity (Wildman–Crippen MR) is 107 cm³/mol. The smallest absolute Gasteiger partial charge is 0.274 e. The third kappa shape index (κ3) is 3.69. The summed E-state index contributed by atoms with van der Waals surface area (Å²) in [5.74, 6) is 0.0312. The lowest BCUT2D eigenvalue weighted by Crippen LogP contribution is -2.35. The summed E-state index contributed by atoms with van der Waals surface area (Å²) in [4.78, 5) is 25.2. The molecule has 28 heavy (non-hydrogen) atoms. The van der Waals surface area contributed by atoms with E-state index in [1.165, 1.54) is 0 Å². The molecule has 3 aromatic rings. The second kappa shape index (κ2) is 8.02. The number of carbonyl (C=O) groups excluding carboxylic acids is 1. The Hall–Kier alpha value is -2.23. The van der Waals surface area contributed by atoms with Crippen LogP contribution in [0, 0.1) is 0 Å². The highest BCUT2D eigenvalue weighted by Gasteiger charge is 2.27. The van der Waals surface area contributed by atoms with Crippen molar-refractivity contribution in [2.75, 3.05) is 40.3 Å². The molecular formula is C19H26N6O2S. The van der Waals surface area contributed by atoms with Gasteiger partial charge in [0, 0.05) is 43.8 Å². The number of aromatic nitrogens is 3. The third-order valence-electron chi connectivity index (χ3n) is 5.52. The molecule has 0 aliphatic carbocycles. The summed E-state index contributed by atoms with van der Waals surface area (Å²) >= 11 is 1.55. The average Bonchev–Trinajstić information content (AvgIpc) is 3.39. The molecule has 8 nitrogen and oxygen atoms in total. The van der Waals surface area contributed by atoms with E-state index in [2.05, 4.69) is 33.9 Å². The summed E-state index contributed by atoms with van der Waals surface area (Å²) in [6.45, 7) is 6.11. The van der Waals surface area contributed by atoms with Gasteiger partial charge in [0.05, 0.1) is 11.7 Å². The Morgan fingerprint density at radius 3 is 3.00 bits per heavy atom. The Labute approximate surface area is 168 Å². The fraction of sp³-hybridized carbons (Fsp3) is 0.526. The van der Waals surface area contributed by atoms with Gasteiger partial charge in [-0.05, 0) is 34.0 Å². The number of hydrogen-bond donors (Lipinski definition) is 0. The first-order valence-electron chi connectivity index (χ1n) is 9.57. The van der Waals surface area contributed by atoms with Gasteiger partial charge in [-0.3, -0.25) is 14.1 Å². The Kier molecular flexibility index (Phi) is 5.47. The number of hydrogen-bond acceptors (Lipinski definition) is 7. The van der Waals surface area contributed by atoms with Gasteiger partial charge in [0.1, 0.15) is 12.0 Å². The first-order valence-corrected chi connectivity index (χ1v) is 10.5. The molecular weight excluding hydrogens is 376 g/mol. The van der Waals surface area contributed by atoms with E-state index in [1.807, 2.05) is 34.0 Å². The van der Waals surface area contributed by atoms with E-state index in [0.717, 1.165) is 48.9 Å². The Morgan fingerprint density at radius 1 is 1.36 bits per heavy atom. The Balaban J connectivity index is 1.60. The monoisotopic (exact) mass is 402 g/mol. The maximum absolute atomic E-state index is 13.3. The van der Waals surface area contributed by atoms with Gasteiger partial charge in [-0.1, -0.05) is 5.16 Å². The first-order chi connectivity index (χ1) is 13.5. The van der Waals surface area contributed by atoms with E-state index >= 15 is 0 Å². The third-order valence-corrected chi connectivity index (χ3v) is 6.27. The normalized spacial score (nSPS) is 17.4. The molecule has 4 rings (SSSR count). The molecule has 9 heteroatoms. The fourth-order valence-corrected chi connectivity index (χ4v) is 4.32. The Morgan fingerprint density at radius 2 is 2.21 bits per heavy atom. The molecule has 0 N–H and O–H groups in total. The highest BCUT2D eigenvalue weighted by molar-refractivity contribution is 7.15. The zero-order chi connectivity index (χ0) is 19.7. The van der Waals surface area contributed by atoms with Gasteiger partial charge in [0.2, 0.25) is 0 Å². The lowest BCUT2D eigenvalue weighted by Gasteiger charge is -2.24. The predicted octanol–water partition coefficient (Wildman–Crippen LogP) is 2.35. The molecule has 4 heterocycles. The summed E-state index contributed by atoms with van der Waals surface area (Å²) < 4.78 is 7.02. The molecule has 3 aromatic heterocycles. The minimum Gasteiger partial charge on any atom is -0.364 e. The molecule has 1 saturated heterocycles. The van der Waals surface area contributed by atoms with Crippen molar-refractivity contribution in [1.29, 1.82) is 0 Å². The van der Waals surface area contributed by atoms with Crippen LogP contribution in [0.5, 0.6) is 0 Å². The summed E-state index contributed by atoms with van der Waals surface area (Å²) in [5, 5.41) is 6.05. The molecule has 0 saturated carbocycles. The van der Waals surface area contributed by atoms with Crippen molar-refractivity contribution in [2.45, 2.75) is 25.9 Å². The molecule has 150 valence electrons. The maximum Gasteiger partial charge on any atom is 0.274 e. The van der Waals surface area contributed by atoms with Crippen LogP contribution in [-0.2, 0) is 6.54 Å². The van der Waals surface area contributed by atoms with Gasteiger partial charge in [-0.25, -0.2) is 4.98 Å². The quantitative estimate of drug-likeness (QED) is 0.653. The van der Waals surface area contributed by atoms with E-state index < -0.39 is 0 Å². The molecule has 0 unspecified atom stereocenters. The number of rotatable bonds is 5. The summed E-state index contributed by atoms with van der Waals surface area (Å²) in [7, 11) is 4.13. The van der Waals surface area contributed by atoms with Crippen LogP contribution in [0.4, 0.5) is 0 Å². The molecule has 1 atom stereocenters. The molecule has 0 bridgehead atoms. The van der Waals surface area contributed by atoms with Crippen LogP contribution in [0.25, 0.3) is 4.96 Å². The van der Waals surface area contributed by atoms with E-state index in [4.69, 9.17) is 4.52 Å². The fourth-order valence-electron chi connectivity index (χ4n) is 3.59. The topological polar surface area (TPSA) is 70.1 Å². The summed E-state index contributed by atoms with van der Waals surface area (Å²) in [5.41, 5.74) is 2.37. The van der Waals surface area contributed by atoms with Gasteiger partial charge < -0.3 is 14.3 Å². The van der Waals surface area contributed by atoms with Crippen LogP contribution in [0.15, 0.2) is 28.4 Å². The van der Waals surface area contributed by atoms with Gasteiger partial charge in [0.15, 0.2) is 10.7 Å². The second-order valence-electron chi connectivity index (χ2n) is 7.43. The average molecular weight is 403 g/mol. The van der Waals surface area contributed by atoms with Crippen LogP contribution in [0.1, 0.15) is 41.3 Å². The van der Waals surface area contributed by atoms with E-state index in [9.17, 15) is 4.79 Å². The highest BCUT2D eigenvalue weighted by atomic mass is 32.1. The van der Waals surface area contributed by atoms with Crippen LogP contribution in [0.2, 0.25) is 0 Å². The summed E-state index contributed by atoms with van der Waals surface area (Å²) in [6, 6.07) is 1.94. The van der Waals surface area contributed by atoms with Crippen molar-refractivity contribution in [3.63, 3.8) is 0 Å². The van der Waals surface area contributed by atoms with Crippen LogP contribution in [0.3, 0.4) is 0 Å². The van der Waals surface area contributed by atoms with Gasteiger partial charge in [-0.15, -0.1) is 11.3 Å². The van der Waals surface area contributed by atoms with Crippen molar-refractivity contribution in [3.8, 4) is 0 Å². The van der Waals surface area contributed by atoms with Gasteiger partial charge in [0.25, 0.3) is 5.91 Å². The molecule has 0 radical (unpaired) electrons. The van der Waals surface area contributed by atoms with Crippen molar-refractivity contribution in [3.05, 3.63) is 41.0 Å². The maximum atomic E-state index is 13.3. The second-order valence-corrected chi connectivity index (χ2v) is 8.30. The van der Waals surface area contributed by atoms with Crippen molar-refractivity contribution in [2.24, 2.45) is 0 Å². The highest BCUT2D eigenvalue weighted by Crippen LogP contribution is 2.24.